The molecule has 0 unspecified atom stereocenters. The topological polar surface area (TPSA) is 81.0 Å². The normalized spacial score (nSPS) is 14.0. The second kappa shape index (κ2) is 10.9. The highest BCUT2D eigenvalue weighted by atomic mass is 35.5. The third-order valence-corrected chi connectivity index (χ3v) is 6.97. The zero-order valence-electron chi connectivity index (χ0n) is 20.9. The van der Waals surface area contributed by atoms with Gasteiger partial charge in [0.05, 0.1) is 29.6 Å². The lowest BCUT2D eigenvalue weighted by molar-refractivity contribution is 0.0497. The Labute approximate surface area is 223 Å². The Morgan fingerprint density at radius 1 is 1.21 bits per heavy atom. The molecule has 2 aromatic carbocycles. The highest BCUT2D eigenvalue weighted by Gasteiger charge is 2.22. The van der Waals surface area contributed by atoms with Gasteiger partial charge in [0.2, 0.25) is 5.82 Å². The van der Waals surface area contributed by atoms with Gasteiger partial charge < -0.3 is 19.7 Å². The summed E-state index contributed by atoms with van der Waals surface area (Å²) in [7, 11) is 3.05. The third-order valence-electron chi connectivity index (χ3n) is 6.65. The minimum atomic E-state index is -1.07. The number of rotatable bonds is 7. The average molecular weight is 542 g/mol. The fourth-order valence-corrected chi connectivity index (χ4v) is 4.86. The molecule has 0 saturated carbocycles. The van der Waals surface area contributed by atoms with Gasteiger partial charge in [0.1, 0.15) is 0 Å². The van der Waals surface area contributed by atoms with Gasteiger partial charge in [-0.05, 0) is 49.1 Å². The number of imidazole rings is 1. The highest BCUT2D eigenvalue weighted by Crippen LogP contribution is 2.32. The van der Waals surface area contributed by atoms with Gasteiger partial charge in [0.25, 0.3) is 5.91 Å². The van der Waals surface area contributed by atoms with Crippen molar-refractivity contribution in [2.45, 2.75) is 12.8 Å². The maximum atomic E-state index is 14.7. The molecule has 0 spiro atoms. The summed E-state index contributed by atoms with van der Waals surface area (Å²) >= 11 is 6.50. The number of hydrogen-bond acceptors (Lipinski definition) is 6. The number of aromatic nitrogens is 3. The van der Waals surface area contributed by atoms with Gasteiger partial charge in [-0.15, -0.1) is 0 Å². The van der Waals surface area contributed by atoms with Crippen LogP contribution in [0.25, 0.3) is 16.9 Å². The largest absolute Gasteiger partial charge is 0.494 e. The van der Waals surface area contributed by atoms with E-state index in [1.807, 2.05) is 0 Å². The van der Waals surface area contributed by atoms with Crippen molar-refractivity contribution in [2.24, 2.45) is 5.92 Å². The molecular weight excluding hydrogens is 516 g/mol. The Balaban J connectivity index is 1.37. The van der Waals surface area contributed by atoms with Crippen molar-refractivity contribution in [1.29, 1.82) is 0 Å². The predicted octanol–water partition coefficient (Wildman–Crippen LogP) is 5.58. The maximum absolute atomic E-state index is 14.7. The Kier molecular flexibility index (Phi) is 7.44. The lowest BCUT2D eigenvalue weighted by atomic mass is 9.99. The first-order chi connectivity index (χ1) is 18.4. The molecule has 3 heterocycles. The molecule has 0 radical (unpaired) electrons. The zero-order valence-corrected chi connectivity index (χ0v) is 21.6. The summed E-state index contributed by atoms with van der Waals surface area (Å²) in [6.07, 6.45) is 6.43. The number of anilines is 2. The van der Waals surface area contributed by atoms with Crippen LogP contribution in [0.15, 0.2) is 48.9 Å². The number of carbonyl (C=O) groups excluding carboxylic acids is 1. The van der Waals surface area contributed by atoms with Crippen LogP contribution in [-0.4, -0.2) is 59.1 Å². The lowest BCUT2D eigenvalue weighted by Crippen LogP contribution is -2.34. The molecule has 2 aromatic heterocycles. The number of fused-ring (bicyclic) bond motifs is 1. The van der Waals surface area contributed by atoms with E-state index in [1.165, 1.54) is 31.6 Å². The second-order valence-electron chi connectivity index (χ2n) is 9.12. The van der Waals surface area contributed by atoms with Crippen molar-refractivity contribution in [3.63, 3.8) is 0 Å². The van der Waals surface area contributed by atoms with E-state index in [1.54, 1.807) is 40.7 Å². The van der Waals surface area contributed by atoms with E-state index in [0.717, 1.165) is 26.1 Å². The van der Waals surface area contributed by atoms with Crippen molar-refractivity contribution < 1.29 is 23.0 Å². The molecule has 0 aliphatic carbocycles. The molecule has 0 atom stereocenters. The fourth-order valence-electron chi connectivity index (χ4n) is 4.60. The van der Waals surface area contributed by atoms with E-state index in [4.69, 9.17) is 21.1 Å². The monoisotopic (exact) mass is 541 g/mol. The van der Waals surface area contributed by atoms with Crippen molar-refractivity contribution in [2.75, 3.05) is 39.2 Å². The minimum Gasteiger partial charge on any atom is -0.494 e. The van der Waals surface area contributed by atoms with Crippen LogP contribution in [0.4, 0.5) is 20.3 Å². The molecular formula is C27H26ClF2N5O3. The van der Waals surface area contributed by atoms with Crippen LogP contribution in [0.5, 0.6) is 5.75 Å². The molecule has 1 saturated heterocycles. The van der Waals surface area contributed by atoms with Gasteiger partial charge in [-0.3, -0.25) is 9.20 Å². The van der Waals surface area contributed by atoms with Gasteiger partial charge >= 0.3 is 0 Å². The molecule has 1 aliphatic rings. The molecule has 1 aliphatic heterocycles. The predicted molar refractivity (Wildman–Crippen MR) is 140 cm³/mol. The highest BCUT2D eigenvalue weighted by molar-refractivity contribution is 6.34. The van der Waals surface area contributed by atoms with Crippen molar-refractivity contribution in [3.8, 4) is 17.0 Å². The van der Waals surface area contributed by atoms with Crippen LogP contribution < -0.4 is 10.1 Å². The summed E-state index contributed by atoms with van der Waals surface area (Å²) in [5.41, 5.74) is 1.76. The lowest BCUT2D eigenvalue weighted by Gasteiger charge is -2.27. The van der Waals surface area contributed by atoms with Crippen molar-refractivity contribution in [1.82, 2.24) is 19.3 Å². The van der Waals surface area contributed by atoms with E-state index >= 15 is 0 Å². The molecule has 1 amide bonds. The van der Waals surface area contributed by atoms with E-state index in [9.17, 15) is 13.6 Å². The molecule has 1 N–H and O–H groups in total. The number of ether oxygens (including phenoxy) is 2. The summed E-state index contributed by atoms with van der Waals surface area (Å²) in [5, 5.41) is 3.45. The smallest absolute Gasteiger partial charge is 0.255 e. The third kappa shape index (κ3) is 5.01. The number of halogens is 3. The average Bonchev–Trinajstić information content (AvgIpc) is 3.35. The summed E-state index contributed by atoms with van der Waals surface area (Å²) in [5.74, 6) is -1.66. The molecule has 5 rings (SSSR count). The molecule has 8 nitrogen and oxygen atoms in total. The molecule has 11 heteroatoms. The van der Waals surface area contributed by atoms with Crippen molar-refractivity contribution in [3.05, 3.63) is 71.1 Å². The molecule has 38 heavy (non-hydrogen) atoms. The van der Waals surface area contributed by atoms with Crippen LogP contribution in [-0.2, 0) is 4.74 Å². The summed E-state index contributed by atoms with van der Waals surface area (Å²) in [4.78, 5) is 23.4. The summed E-state index contributed by atoms with van der Waals surface area (Å²) < 4.78 is 40.9. The van der Waals surface area contributed by atoms with Crippen LogP contribution in [0.3, 0.4) is 0 Å². The Morgan fingerprint density at radius 3 is 2.74 bits per heavy atom. The van der Waals surface area contributed by atoms with E-state index < -0.39 is 11.6 Å². The van der Waals surface area contributed by atoms with Crippen LogP contribution in [0, 0.1) is 17.6 Å². The standard InChI is InChI=1S/C27H26ClF2N5O3/c1-34(15-16-7-11-38-12-8-16)27(36)18-4-3-17(13-20(18)28)33-25-26-32-14-21(35(26)10-9-31-25)19-5-6-22(37-2)24(30)23(19)29/h3-6,9-10,13-14,16H,7-8,11-12,15H2,1-2H3,(H,31,33). The minimum absolute atomic E-state index is 0.0312. The zero-order chi connectivity index (χ0) is 26.8. The van der Waals surface area contributed by atoms with Crippen LogP contribution in [0.2, 0.25) is 5.02 Å². The fraction of sp³-hybridized carbons (Fsp3) is 0.296. The van der Waals surface area contributed by atoms with E-state index in [-0.39, 0.29) is 17.2 Å². The number of hydrogen-bond donors (Lipinski definition) is 1. The van der Waals surface area contributed by atoms with Gasteiger partial charge in [-0.1, -0.05) is 11.6 Å². The molecule has 1 fully saturated rings. The molecule has 0 bridgehead atoms. The number of benzene rings is 2. The summed E-state index contributed by atoms with van der Waals surface area (Å²) in [6.45, 7) is 2.09. The van der Waals surface area contributed by atoms with E-state index in [2.05, 4.69) is 15.3 Å². The first-order valence-electron chi connectivity index (χ1n) is 12.1. The van der Waals surface area contributed by atoms with Crippen molar-refractivity contribution >= 4 is 34.7 Å². The number of carbonyl (C=O) groups is 1. The van der Waals surface area contributed by atoms with Crippen LogP contribution in [0.1, 0.15) is 23.2 Å². The Morgan fingerprint density at radius 2 is 2.00 bits per heavy atom. The Hall–Kier alpha value is -3.76. The Bertz CT molecular complexity index is 1490. The summed E-state index contributed by atoms with van der Waals surface area (Å²) in [6, 6.07) is 7.84. The van der Waals surface area contributed by atoms with Gasteiger partial charge in [-0.25, -0.2) is 14.4 Å². The van der Waals surface area contributed by atoms with E-state index in [0.29, 0.717) is 45.9 Å². The maximum Gasteiger partial charge on any atom is 0.255 e. The van der Waals surface area contributed by atoms with Gasteiger partial charge in [0, 0.05) is 50.5 Å². The van der Waals surface area contributed by atoms with Gasteiger partial charge in [-0.2, -0.15) is 4.39 Å². The van der Waals surface area contributed by atoms with Gasteiger partial charge in [0.15, 0.2) is 23.0 Å². The first-order valence-corrected chi connectivity index (χ1v) is 12.5. The quantitative estimate of drug-likeness (QED) is 0.329. The van der Waals surface area contributed by atoms with Crippen LogP contribution >= 0.6 is 11.6 Å². The molecule has 4 aromatic rings. The second-order valence-corrected chi connectivity index (χ2v) is 9.52. The molecule has 198 valence electrons. The first kappa shape index (κ1) is 25.9. The number of amides is 1. The number of methoxy groups -OCH3 is 1. The number of nitrogens with one attached hydrogen (secondary N) is 1. The SMILES string of the molecule is COc1ccc(-c2cnc3c(Nc4ccc(C(=O)N(C)CC5CCOCC5)c(Cl)c4)nccn23)c(F)c1F. The number of nitrogens with zero attached hydrogens (tertiary/aromatic N) is 4.